The Hall–Kier alpha value is -2.39. The maximum atomic E-state index is 13.3. The zero-order valence-corrected chi connectivity index (χ0v) is 16.3. The van der Waals surface area contributed by atoms with Crippen LogP contribution in [0.4, 0.5) is 19.0 Å². The number of anilines is 1. The van der Waals surface area contributed by atoms with E-state index in [1.807, 2.05) is 10.7 Å². The van der Waals surface area contributed by atoms with Crippen LogP contribution in [-0.2, 0) is 10.9 Å². The molecular formula is C21H22F3N5O. The lowest BCUT2D eigenvalue weighted by molar-refractivity contribution is -0.137. The van der Waals surface area contributed by atoms with Gasteiger partial charge >= 0.3 is 6.18 Å². The van der Waals surface area contributed by atoms with Crippen molar-refractivity contribution in [2.75, 3.05) is 32.0 Å². The first-order valence-electron chi connectivity index (χ1n) is 10.4. The molecule has 4 aliphatic rings. The highest BCUT2D eigenvalue weighted by molar-refractivity contribution is 5.87. The minimum absolute atomic E-state index is 0.322. The third-order valence-electron chi connectivity index (χ3n) is 6.91. The molecule has 9 heteroatoms. The van der Waals surface area contributed by atoms with Gasteiger partial charge in [0.2, 0.25) is 0 Å². The molecule has 6 nitrogen and oxygen atoms in total. The number of rotatable bonds is 4. The number of ether oxygens (including phenoxy) is 1. The van der Waals surface area contributed by atoms with Crippen LogP contribution < -0.4 is 5.73 Å². The lowest BCUT2D eigenvalue weighted by Crippen LogP contribution is -2.48. The Morgan fingerprint density at radius 3 is 2.50 bits per heavy atom. The first kappa shape index (κ1) is 18.4. The molecule has 0 amide bonds. The Labute approximate surface area is 171 Å². The number of halogens is 3. The number of alkyl halides is 3. The van der Waals surface area contributed by atoms with Crippen LogP contribution >= 0.6 is 0 Å². The molecule has 2 saturated heterocycles. The third-order valence-corrected chi connectivity index (χ3v) is 6.91. The molecule has 30 heavy (non-hydrogen) atoms. The molecular weight excluding hydrogens is 395 g/mol. The van der Waals surface area contributed by atoms with Crippen molar-refractivity contribution in [1.82, 2.24) is 19.7 Å². The summed E-state index contributed by atoms with van der Waals surface area (Å²) in [5.74, 6) is -0.0594. The van der Waals surface area contributed by atoms with Crippen molar-refractivity contribution in [1.29, 1.82) is 0 Å². The number of likely N-dealkylation sites (tertiary alicyclic amines) is 1. The Morgan fingerprint density at radius 1 is 1.13 bits per heavy atom. The minimum Gasteiger partial charge on any atom is -0.383 e. The van der Waals surface area contributed by atoms with Gasteiger partial charge in [0.05, 0.1) is 42.2 Å². The van der Waals surface area contributed by atoms with Crippen molar-refractivity contribution < 1.29 is 17.9 Å². The second-order valence-electron chi connectivity index (χ2n) is 8.71. The summed E-state index contributed by atoms with van der Waals surface area (Å²) in [4.78, 5) is 6.25. The number of nitrogens with two attached hydrogens (primary N) is 1. The summed E-state index contributed by atoms with van der Waals surface area (Å²) in [6.45, 7) is 3.59. The number of fused-ring (bicyclic) bond motifs is 1. The van der Waals surface area contributed by atoms with E-state index in [-0.39, 0.29) is 0 Å². The summed E-state index contributed by atoms with van der Waals surface area (Å²) < 4.78 is 47.2. The van der Waals surface area contributed by atoms with E-state index in [2.05, 4.69) is 9.88 Å². The Kier molecular flexibility index (Phi) is 3.86. The second kappa shape index (κ2) is 6.31. The standard InChI is InChI=1S/C21H22F3N5O/c22-21(23,24)16-4-11(6-26-20(16)25)17-5-18(29(27-17)12-2-1-3-12)19-14-7-28(8-15(14)19)13-9-30-10-13/h4-6,12-14H,1-3,7-10H2,(H2,25,26)/t14-/m0/s1. The van der Waals surface area contributed by atoms with Crippen molar-refractivity contribution in [3.05, 3.63) is 35.2 Å². The molecule has 0 unspecified atom stereocenters. The maximum Gasteiger partial charge on any atom is 0.419 e. The van der Waals surface area contributed by atoms with Gasteiger partial charge in [0.25, 0.3) is 0 Å². The van der Waals surface area contributed by atoms with E-state index in [9.17, 15) is 13.2 Å². The molecule has 3 fully saturated rings. The number of nitrogens with zero attached hydrogens (tertiary/aromatic N) is 4. The third kappa shape index (κ3) is 2.79. The highest BCUT2D eigenvalue weighted by atomic mass is 19.4. The van der Waals surface area contributed by atoms with Crippen LogP contribution in [0.3, 0.4) is 0 Å². The second-order valence-corrected chi connectivity index (χ2v) is 8.71. The predicted molar refractivity (Wildman–Crippen MR) is 104 cm³/mol. The number of nitrogen functional groups attached to an aromatic ring is 1. The first-order chi connectivity index (χ1) is 14.4. The van der Waals surface area contributed by atoms with Gasteiger partial charge < -0.3 is 10.5 Å². The molecule has 0 bridgehead atoms. The molecule has 2 aromatic heterocycles. The normalized spacial score (nSPS) is 24.7. The smallest absolute Gasteiger partial charge is 0.383 e. The molecule has 6 rings (SSSR count). The van der Waals surface area contributed by atoms with Gasteiger partial charge in [0.15, 0.2) is 0 Å². The van der Waals surface area contributed by atoms with Crippen LogP contribution in [0.2, 0.25) is 0 Å². The van der Waals surface area contributed by atoms with E-state index in [0.717, 1.165) is 57.3 Å². The minimum atomic E-state index is -4.54. The fourth-order valence-electron chi connectivity index (χ4n) is 4.78. The topological polar surface area (TPSA) is 69.2 Å². The van der Waals surface area contributed by atoms with Gasteiger partial charge in [-0.05, 0) is 42.5 Å². The highest BCUT2D eigenvalue weighted by Gasteiger charge is 2.49. The molecule has 0 radical (unpaired) electrons. The molecule has 4 heterocycles. The summed E-state index contributed by atoms with van der Waals surface area (Å²) in [5.41, 5.74) is 9.26. The number of pyridine rings is 1. The molecule has 158 valence electrons. The summed E-state index contributed by atoms with van der Waals surface area (Å²) in [7, 11) is 0. The van der Waals surface area contributed by atoms with Crippen LogP contribution in [0.25, 0.3) is 16.8 Å². The summed E-state index contributed by atoms with van der Waals surface area (Å²) >= 11 is 0. The van der Waals surface area contributed by atoms with Crippen molar-refractivity contribution in [3.63, 3.8) is 0 Å². The van der Waals surface area contributed by atoms with Crippen molar-refractivity contribution >= 4 is 11.4 Å². The van der Waals surface area contributed by atoms with E-state index in [1.54, 1.807) is 0 Å². The molecule has 2 N–H and O–H groups in total. The van der Waals surface area contributed by atoms with Crippen LogP contribution in [0, 0.1) is 5.92 Å². The predicted octanol–water partition coefficient (Wildman–Crippen LogP) is 3.37. The van der Waals surface area contributed by atoms with Crippen LogP contribution in [0.5, 0.6) is 0 Å². The van der Waals surface area contributed by atoms with Gasteiger partial charge in [-0.25, -0.2) is 4.98 Å². The molecule has 1 atom stereocenters. The van der Waals surface area contributed by atoms with Crippen LogP contribution in [0.15, 0.2) is 23.9 Å². The van der Waals surface area contributed by atoms with Gasteiger partial charge in [-0.15, -0.1) is 0 Å². The van der Waals surface area contributed by atoms with Gasteiger partial charge in [0.1, 0.15) is 5.82 Å². The number of aromatic nitrogens is 3. The fourth-order valence-corrected chi connectivity index (χ4v) is 4.78. The van der Waals surface area contributed by atoms with Gasteiger partial charge in [-0.1, -0.05) is 0 Å². The molecule has 0 spiro atoms. The Morgan fingerprint density at radius 2 is 1.93 bits per heavy atom. The maximum absolute atomic E-state index is 13.3. The van der Waals surface area contributed by atoms with Crippen LogP contribution in [0.1, 0.15) is 36.6 Å². The zero-order valence-electron chi connectivity index (χ0n) is 16.3. The molecule has 2 aliphatic carbocycles. The van der Waals surface area contributed by atoms with E-state index < -0.39 is 17.6 Å². The SMILES string of the molecule is Nc1ncc(-c2cc(C3=C4CN(C5COC5)C[C@@H]43)n(C3CCC3)n2)cc1C(F)(F)F. The Balaban J connectivity index is 1.35. The van der Waals surface area contributed by atoms with Crippen molar-refractivity contribution in [2.24, 2.45) is 5.92 Å². The zero-order chi connectivity index (χ0) is 20.6. The van der Waals surface area contributed by atoms with Crippen molar-refractivity contribution in [2.45, 2.75) is 37.5 Å². The van der Waals surface area contributed by atoms with Gasteiger partial charge in [-0.2, -0.15) is 18.3 Å². The lowest BCUT2D eigenvalue weighted by atomic mass is 9.93. The van der Waals surface area contributed by atoms with E-state index in [1.165, 1.54) is 17.3 Å². The number of hydrogen-bond donors (Lipinski definition) is 1. The highest BCUT2D eigenvalue weighted by Crippen LogP contribution is 2.53. The van der Waals surface area contributed by atoms with Gasteiger partial charge in [0, 0.05) is 30.8 Å². The summed E-state index contributed by atoms with van der Waals surface area (Å²) in [5, 5.41) is 4.73. The largest absolute Gasteiger partial charge is 0.419 e. The quantitative estimate of drug-likeness (QED) is 0.826. The monoisotopic (exact) mass is 417 g/mol. The van der Waals surface area contributed by atoms with E-state index in [4.69, 9.17) is 15.6 Å². The van der Waals surface area contributed by atoms with E-state index in [0.29, 0.717) is 29.3 Å². The first-order valence-corrected chi connectivity index (χ1v) is 10.4. The van der Waals surface area contributed by atoms with Gasteiger partial charge in [-0.3, -0.25) is 9.58 Å². The molecule has 2 aliphatic heterocycles. The number of hydrogen-bond acceptors (Lipinski definition) is 5. The Bertz CT molecular complexity index is 1050. The molecule has 1 saturated carbocycles. The summed E-state index contributed by atoms with van der Waals surface area (Å²) in [6, 6.07) is 3.84. The average Bonchev–Trinajstić information content (AvgIpc) is 2.94. The van der Waals surface area contributed by atoms with Crippen LogP contribution in [-0.4, -0.2) is 52.0 Å². The lowest BCUT2D eigenvalue weighted by Gasteiger charge is -2.35. The molecule has 0 aromatic carbocycles. The average molecular weight is 417 g/mol. The summed E-state index contributed by atoms with van der Waals surface area (Å²) in [6.07, 6.45) is 0.109. The van der Waals surface area contributed by atoms with E-state index >= 15 is 0 Å². The molecule has 2 aromatic rings. The van der Waals surface area contributed by atoms with Crippen molar-refractivity contribution in [3.8, 4) is 11.3 Å². The fraction of sp³-hybridized carbons (Fsp3) is 0.524.